The first-order valence-corrected chi connectivity index (χ1v) is 6.30. The van der Waals surface area contributed by atoms with Gasteiger partial charge in [-0.1, -0.05) is 33.5 Å². The van der Waals surface area contributed by atoms with Gasteiger partial charge in [0.1, 0.15) is 5.52 Å². The van der Waals surface area contributed by atoms with Crippen molar-refractivity contribution < 1.29 is 24.6 Å². The molecule has 0 amide bonds. The number of para-hydroxylation sites is 1. The van der Waals surface area contributed by atoms with Crippen LogP contribution in [0.2, 0.25) is 0 Å². The second-order valence-corrected chi connectivity index (χ2v) is 4.77. The van der Waals surface area contributed by atoms with Gasteiger partial charge in [-0.25, -0.2) is 0 Å². The van der Waals surface area contributed by atoms with Crippen LogP contribution in [-0.4, -0.2) is 5.10 Å². The minimum absolute atomic E-state index is 0. The molecule has 0 aliphatic rings. The zero-order chi connectivity index (χ0) is 11.2. The van der Waals surface area contributed by atoms with Crippen LogP contribution >= 0.6 is 11.3 Å². The largest absolute Gasteiger partial charge is 0.299 e. The molecule has 2 heterocycles. The molecule has 18 heavy (non-hydrogen) atoms. The Morgan fingerprint density at radius 2 is 1.78 bits per heavy atom. The van der Waals surface area contributed by atoms with E-state index in [0.717, 1.165) is 5.52 Å². The molecule has 2 nitrogen and oxygen atoms in total. The molecular formula is C14H8IrN2S. The number of aromatic nitrogens is 2. The third kappa shape index (κ3) is 1.50. The minimum atomic E-state index is 0. The molecule has 0 aliphatic heterocycles. The maximum atomic E-state index is 4.40. The summed E-state index contributed by atoms with van der Waals surface area (Å²) in [6.45, 7) is 0. The van der Waals surface area contributed by atoms with Gasteiger partial charge in [0.15, 0.2) is 5.51 Å². The van der Waals surface area contributed by atoms with Gasteiger partial charge in [-0.05, 0) is 17.4 Å². The number of hydrogen-bond acceptors (Lipinski definition) is 2. The smallest absolute Gasteiger partial charge is 0.170 e. The number of rotatable bonds is 0. The molecule has 0 bridgehead atoms. The Hall–Kier alpha value is -1.35. The SMILES string of the molecule is [Ir].[c-]1cccc2c3ccccc3c3scn[n+]3c12. The molecule has 1 radical (unpaired) electrons. The fourth-order valence-corrected chi connectivity index (χ4v) is 3.07. The third-order valence-electron chi connectivity index (χ3n) is 3.01. The summed E-state index contributed by atoms with van der Waals surface area (Å²) < 4.78 is 1.97. The normalized spacial score (nSPS) is 10.9. The van der Waals surface area contributed by atoms with Gasteiger partial charge in [0.2, 0.25) is 0 Å². The summed E-state index contributed by atoms with van der Waals surface area (Å²) in [5.41, 5.74) is 2.92. The summed E-state index contributed by atoms with van der Waals surface area (Å²) in [7, 11) is 0. The Morgan fingerprint density at radius 1 is 1.00 bits per heavy atom. The maximum absolute atomic E-state index is 4.40. The molecular weight excluding hydrogens is 420 g/mol. The Balaban J connectivity index is 0.000001000. The standard InChI is InChI=1S/C14H8N2S.Ir/c1-2-7-12-10(5-1)11-6-3-4-8-13(11)16-14(12)17-9-15-16;/h1-7,9H;. The van der Waals surface area contributed by atoms with Crippen molar-refractivity contribution in [2.24, 2.45) is 0 Å². The monoisotopic (exact) mass is 429 g/mol. The van der Waals surface area contributed by atoms with Gasteiger partial charge >= 0.3 is 0 Å². The Morgan fingerprint density at radius 3 is 2.67 bits per heavy atom. The first-order valence-electron chi connectivity index (χ1n) is 5.42. The van der Waals surface area contributed by atoms with Gasteiger partial charge < -0.3 is 0 Å². The van der Waals surface area contributed by atoms with E-state index >= 15 is 0 Å². The average molecular weight is 429 g/mol. The van der Waals surface area contributed by atoms with Crippen molar-refractivity contribution in [3.05, 3.63) is 54.0 Å². The molecule has 0 saturated heterocycles. The number of nitrogens with zero attached hydrogens (tertiary/aromatic N) is 2. The van der Waals surface area contributed by atoms with E-state index in [1.54, 1.807) is 11.3 Å². The summed E-state index contributed by atoms with van der Waals surface area (Å²) in [4.78, 5) is 1.18. The summed E-state index contributed by atoms with van der Waals surface area (Å²) in [5.74, 6) is 0. The van der Waals surface area contributed by atoms with Gasteiger partial charge in [-0.3, -0.25) is 0 Å². The molecule has 0 N–H and O–H groups in total. The van der Waals surface area contributed by atoms with Crippen LogP contribution in [0.5, 0.6) is 0 Å². The molecule has 0 spiro atoms. The molecule has 4 heteroatoms. The third-order valence-corrected chi connectivity index (χ3v) is 3.83. The van der Waals surface area contributed by atoms with Crippen LogP contribution in [0.3, 0.4) is 0 Å². The van der Waals surface area contributed by atoms with Gasteiger partial charge in [0.05, 0.1) is 5.39 Å². The van der Waals surface area contributed by atoms with Gasteiger partial charge in [0.25, 0.3) is 4.83 Å². The van der Waals surface area contributed by atoms with Crippen molar-refractivity contribution >= 4 is 37.8 Å². The number of hydrogen-bond donors (Lipinski definition) is 0. The van der Waals surface area contributed by atoms with Crippen molar-refractivity contribution in [3.8, 4) is 0 Å². The topological polar surface area (TPSA) is 17.0 Å². The molecule has 89 valence electrons. The van der Waals surface area contributed by atoms with Crippen molar-refractivity contribution in [1.29, 1.82) is 0 Å². The van der Waals surface area contributed by atoms with E-state index in [9.17, 15) is 0 Å². The second kappa shape index (κ2) is 4.39. The van der Waals surface area contributed by atoms with E-state index in [2.05, 4.69) is 41.5 Å². The van der Waals surface area contributed by atoms with E-state index < -0.39 is 0 Å². The van der Waals surface area contributed by atoms with Crippen LogP contribution in [0.25, 0.3) is 26.5 Å². The molecule has 2 aromatic heterocycles. The van der Waals surface area contributed by atoms with Gasteiger partial charge in [-0.2, -0.15) is 18.2 Å². The molecule has 4 aromatic rings. The van der Waals surface area contributed by atoms with Gasteiger partial charge in [-0.15, -0.1) is 6.07 Å². The van der Waals surface area contributed by atoms with Crippen molar-refractivity contribution in [3.63, 3.8) is 0 Å². The molecule has 0 unspecified atom stereocenters. The molecule has 2 aromatic carbocycles. The first-order chi connectivity index (χ1) is 8.45. The number of pyridine rings is 1. The average Bonchev–Trinajstić information content (AvgIpc) is 2.89. The minimum Gasteiger partial charge on any atom is -0.170 e. The van der Waals surface area contributed by atoms with E-state index in [1.807, 2.05) is 22.2 Å². The molecule has 4 rings (SSSR count). The van der Waals surface area contributed by atoms with E-state index in [0.29, 0.717) is 0 Å². The predicted octanol–water partition coefficient (Wildman–Crippen LogP) is 2.99. The summed E-state index contributed by atoms with van der Waals surface area (Å²) in [6.07, 6.45) is 0. The van der Waals surface area contributed by atoms with Crippen LogP contribution in [0.1, 0.15) is 0 Å². The Labute approximate surface area is 121 Å². The predicted molar refractivity (Wildman–Crippen MR) is 69.1 cm³/mol. The number of benzene rings is 2. The zero-order valence-corrected chi connectivity index (χ0v) is 12.5. The fraction of sp³-hybridized carbons (Fsp3) is 0. The summed E-state index contributed by atoms with van der Waals surface area (Å²) in [6, 6.07) is 17.8. The maximum Gasteiger partial charge on any atom is 0.299 e. The number of fused-ring (bicyclic) bond motifs is 6. The molecule has 0 aliphatic carbocycles. The molecule has 0 fully saturated rings. The van der Waals surface area contributed by atoms with Crippen LogP contribution in [-0.2, 0) is 20.1 Å². The van der Waals surface area contributed by atoms with Crippen molar-refractivity contribution in [2.45, 2.75) is 0 Å². The fourth-order valence-electron chi connectivity index (χ4n) is 2.28. The van der Waals surface area contributed by atoms with Crippen LogP contribution in [0.4, 0.5) is 0 Å². The Bertz CT molecular complexity index is 784. The summed E-state index contributed by atoms with van der Waals surface area (Å²) >= 11 is 1.66. The van der Waals surface area contributed by atoms with Crippen molar-refractivity contribution in [1.82, 2.24) is 5.10 Å². The second-order valence-electron chi connectivity index (χ2n) is 3.93. The van der Waals surface area contributed by atoms with Crippen LogP contribution in [0, 0.1) is 6.07 Å². The van der Waals surface area contributed by atoms with E-state index in [4.69, 9.17) is 0 Å². The van der Waals surface area contributed by atoms with Crippen molar-refractivity contribution in [2.75, 3.05) is 0 Å². The molecule has 0 atom stereocenters. The quantitative estimate of drug-likeness (QED) is 0.239. The first kappa shape index (κ1) is 11.7. The van der Waals surface area contributed by atoms with Crippen LogP contribution < -0.4 is 4.52 Å². The van der Waals surface area contributed by atoms with E-state index in [1.165, 1.54) is 21.0 Å². The van der Waals surface area contributed by atoms with Crippen LogP contribution in [0.15, 0.2) is 48.0 Å². The molecule has 0 saturated carbocycles. The van der Waals surface area contributed by atoms with E-state index in [-0.39, 0.29) is 20.1 Å². The summed E-state index contributed by atoms with van der Waals surface area (Å²) in [5, 5.41) is 8.12. The Kier molecular flexibility index (Phi) is 2.86. The van der Waals surface area contributed by atoms with Gasteiger partial charge in [0, 0.05) is 25.2 Å². The zero-order valence-electron chi connectivity index (χ0n) is 9.25.